The molecule has 4 nitrogen and oxygen atoms in total. The van der Waals surface area contributed by atoms with Gasteiger partial charge in [-0.3, -0.25) is 0 Å². The first kappa shape index (κ1) is 14.2. The van der Waals surface area contributed by atoms with E-state index in [0.29, 0.717) is 19.3 Å². The molecule has 1 aliphatic rings. The second-order valence-electron chi connectivity index (χ2n) is 4.89. The molecule has 2 rings (SSSR count). The van der Waals surface area contributed by atoms with Crippen LogP contribution in [0.1, 0.15) is 12.8 Å². The molecule has 0 atom stereocenters. The average Bonchev–Trinajstić information content (AvgIpc) is 2.40. The summed E-state index contributed by atoms with van der Waals surface area (Å²) in [5.74, 6) is 2.32. The fourth-order valence-electron chi connectivity index (χ4n) is 2.37. The number of para-hydroxylation sites is 2. The molecule has 0 aliphatic heterocycles. The molecule has 4 heteroatoms. The zero-order valence-corrected chi connectivity index (χ0v) is 11.7. The minimum atomic E-state index is 0.416. The zero-order chi connectivity index (χ0) is 13.5. The first-order valence-corrected chi connectivity index (χ1v) is 6.85. The summed E-state index contributed by atoms with van der Waals surface area (Å²) in [5.41, 5.74) is 0. The Hall–Kier alpha value is -1.26. The molecule has 1 N–H and O–H groups in total. The van der Waals surface area contributed by atoms with Gasteiger partial charge in [-0.25, -0.2) is 0 Å². The minimum Gasteiger partial charge on any atom is -0.493 e. The van der Waals surface area contributed by atoms with Crippen molar-refractivity contribution in [3.05, 3.63) is 24.3 Å². The number of ether oxygens (including phenoxy) is 3. The van der Waals surface area contributed by atoms with Crippen molar-refractivity contribution in [1.82, 2.24) is 5.32 Å². The maximum atomic E-state index is 5.76. The van der Waals surface area contributed by atoms with E-state index in [9.17, 15) is 0 Å². The lowest BCUT2D eigenvalue weighted by Crippen LogP contribution is -2.37. The summed E-state index contributed by atoms with van der Waals surface area (Å²) in [6, 6.07) is 7.67. The predicted molar refractivity (Wildman–Crippen MR) is 74.9 cm³/mol. The highest BCUT2D eigenvalue weighted by atomic mass is 16.5. The van der Waals surface area contributed by atoms with Gasteiger partial charge in [0.1, 0.15) is 6.61 Å². The van der Waals surface area contributed by atoms with Gasteiger partial charge in [0.2, 0.25) is 0 Å². The average molecular weight is 265 g/mol. The van der Waals surface area contributed by atoms with Gasteiger partial charge in [0.15, 0.2) is 11.5 Å². The molecule has 0 heterocycles. The van der Waals surface area contributed by atoms with E-state index in [1.807, 2.05) is 31.3 Å². The number of hydrogen-bond acceptors (Lipinski definition) is 4. The van der Waals surface area contributed by atoms with Crippen LogP contribution in [0.15, 0.2) is 24.3 Å². The van der Waals surface area contributed by atoms with Crippen molar-refractivity contribution in [1.29, 1.82) is 0 Å². The molecule has 1 aromatic rings. The smallest absolute Gasteiger partial charge is 0.161 e. The second-order valence-corrected chi connectivity index (χ2v) is 4.89. The number of hydrogen-bond donors (Lipinski definition) is 1. The molecular formula is C15H23NO3. The van der Waals surface area contributed by atoms with Crippen molar-refractivity contribution in [2.75, 3.05) is 33.9 Å². The quantitative estimate of drug-likeness (QED) is 0.731. The summed E-state index contributed by atoms with van der Waals surface area (Å²) in [7, 11) is 3.64. The maximum absolute atomic E-state index is 5.76. The van der Waals surface area contributed by atoms with Crippen LogP contribution < -0.4 is 14.8 Å². The Labute approximate surface area is 115 Å². The number of nitrogens with one attached hydrogen (secondary N) is 1. The number of rotatable bonds is 8. The van der Waals surface area contributed by atoms with Crippen molar-refractivity contribution >= 4 is 0 Å². The molecule has 0 amide bonds. The monoisotopic (exact) mass is 265 g/mol. The van der Waals surface area contributed by atoms with Crippen LogP contribution in [0.3, 0.4) is 0 Å². The second kappa shape index (κ2) is 7.36. The van der Waals surface area contributed by atoms with E-state index in [1.165, 1.54) is 0 Å². The normalized spacial score (nSPS) is 21.8. The molecule has 1 saturated carbocycles. The van der Waals surface area contributed by atoms with E-state index < -0.39 is 0 Å². The van der Waals surface area contributed by atoms with Crippen LogP contribution in [0.25, 0.3) is 0 Å². The van der Waals surface area contributed by atoms with Crippen molar-refractivity contribution in [2.45, 2.75) is 18.9 Å². The molecule has 106 valence electrons. The summed E-state index contributed by atoms with van der Waals surface area (Å²) < 4.78 is 16.6. The summed E-state index contributed by atoms with van der Waals surface area (Å²) in [5, 5.41) is 3.20. The molecule has 0 radical (unpaired) electrons. The Morgan fingerprint density at radius 3 is 2.58 bits per heavy atom. The van der Waals surface area contributed by atoms with E-state index in [4.69, 9.17) is 14.2 Å². The van der Waals surface area contributed by atoms with Gasteiger partial charge in [-0.1, -0.05) is 12.1 Å². The lowest BCUT2D eigenvalue weighted by Gasteiger charge is -2.34. The molecule has 0 unspecified atom stereocenters. The van der Waals surface area contributed by atoms with Crippen LogP contribution in [0.2, 0.25) is 0 Å². The topological polar surface area (TPSA) is 39.7 Å². The Balaban J connectivity index is 1.60. The summed E-state index contributed by atoms with van der Waals surface area (Å²) in [6.45, 7) is 2.29. The van der Waals surface area contributed by atoms with Gasteiger partial charge in [-0.15, -0.1) is 0 Å². The standard InChI is InChI=1S/C15H23NO3/c1-16-11-12-9-13(10-12)18-7-8-19-15-6-4-3-5-14(15)17-2/h3-6,12-13,16H,7-11H2,1-2H3. The highest BCUT2D eigenvalue weighted by Crippen LogP contribution is 2.29. The SMILES string of the molecule is CNCC1CC(OCCOc2ccccc2OC)C1. The van der Waals surface area contributed by atoms with Crippen molar-refractivity contribution in [3.8, 4) is 11.5 Å². The fraction of sp³-hybridized carbons (Fsp3) is 0.600. The van der Waals surface area contributed by atoms with Gasteiger partial charge in [-0.2, -0.15) is 0 Å². The molecular weight excluding hydrogens is 242 g/mol. The summed E-state index contributed by atoms with van der Waals surface area (Å²) >= 11 is 0. The summed E-state index contributed by atoms with van der Waals surface area (Å²) in [6.07, 6.45) is 2.74. The largest absolute Gasteiger partial charge is 0.493 e. The van der Waals surface area contributed by atoms with Gasteiger partial charge >= 0.3 is 0 Å². The highest BCUT2D eigenvalue weighted by molar-refractivity contribution is 5.39. The maximum Gasteiger partial charge on any atom is 0.161 e. The van der Waals surface area contributed by atoms with Crippen LogP contribution >= 0.6 is 0 Å². The Bertz CT molecular complexity index is 377. The van der Waals surface area contributed by atoms with Crippen LogP contribution in [0.4, 0.5) is 0 Å². The van der Waals surface area contributed by atoms with Gasteiger partial charge in [0.05, 0.1) is 19.8 Å². The molecule has 19 heavy (non-hydrogen) atoms. The molecule has 1 aromatic carbocycles. The molecule has 1 aliphatic carbocycles. The van der Waals surface area contributed by atoms with E-state index in [-0.39, 0.29) is 0 Å². The first-order chi connectivity index (χ1) is 9.33. The molecule has 0 saturated heterocycles. The predicted octanol–water partition coefficient (Wildman–Crippen LogP) is 2.09. The fourth-order valence-corrected chi connectivity index (χ4v) is 2.37. The van der Waals surface area contributed by atoms with Gasteiger partial charge in [-0.05, 0) is 44.5 Å². The zero-order valence-electron chi connectivity index (χ0n) is 11.7. The highest BCUT2D eigenvalue weighted by Gasteiger charge is 2.28. The van der Waals surface area contributed by atoms with Crippen molar-refractivity contribution in [2.24, 2.45) is 5.92 Å². The minimum absolute atomic E-state index is 0.416. The van der Waals surface area contributed by atoms with Crippen LogP contribution in [0, 0.1) is 5.92 Å². The Morgan fingerprint density at radius 1 is 1.16 bits per heavy atom. The summed E-state index contributed by atoms with van der Waals surface area (Å²) in [4.78, 5) is 0. The van der Waals surface area contributed by atoms with Crippen LogP contribution in [-0.2, 0) is 4.74 Å². The molecule has 1 fully saturated rings. The molecule has 0 bridgehead atoms. The third-order valence-corrected chi connectivity index (χ3v) is 3.45. The van der Waals surface area contributed by atoms with E-state index in [1.54, 1.807) is 7.11 Å². The number of methoxy groups -OCH3 is 1. The lowest BCUT2D eigenvalue weighted by atomic mass is 9.82. The van der Waals surface area contributed by atoms with E-state index in [0.717, 1.165) is 36.8 Å². The third kappa shape index (κ3) is 4.11. The van der Waals surface area contributed by atoms with Crippen molar-refractivity contribution in [3.63, 3.8) is 0 Å². The Morgan fingerprint density at radius 2 is 1.89 bits per heavy atom. The van der Waals surface area contributed by atoms with Gasteiger partial charge in [0.25, 0.3) is 0 Å². The lowest BCUT2D eigenvalue weighted by molar-refractivity contribution is -0.0389. The van der Waals surface area contributed by atoms with Crippen molar-refractivity contribution < 1.29 is 14.2 Å². The molecule has 0 spiro atoms. The van der Waals surface area contributed by atoms with E-state index in [2.05, 4.69) is 5.32 Å². The van der Waals surface area contributed by atoms with Crippen LogP contribution in [0.5, 0.6) is 11.5 Å². The number of benzene rings is 1. The van der Waals surface area contributed by atoms with Gasteiger partial charge < -0.3 is 19.5 Å². The van der Waals surface area contributed by atoms with Gasteiger partial charge in [0, 0.05) is 0 Å². The Kier molecular flexibility index (Phi) is 5.48. The van der Waals surface area contributed by atoms with E-state index >= 15 is 0 Å². The van der Waals surface area contributed by atoms with Crippen LogP contribution in [-0.4, -0.2) is 40.0 Å². The molecule has 0 aromatic heterocycles. The third-order valence-electron chi connectivity index (χ3n) is 3.45. The first-order valence-electron chi connectivity index (χ1n) is 6.85.